The highest BCUT2D eigenvalue weighted by Crippen LogP contribution is 2.38. The molecule has 1 aliphatic carbocycles. The molecule has 25 heavy (non-hydrogen) atoms. The van der Waals surface area contributed by atoms with Crippen LogP contribution in [0, 0.1) is 0 Å². The van der Waals surface area contributed by atoms with Gasteiger partial charge in [-0.25, -0.2) is 4.79 Å². The van der Waals surface area contributed by atoms with Gasteiger partial charge in [0, 0.05) is 4.88 Å². The molecule has 0 spiro atoms. The first-order valence-corrected chi connectivity index (χ1v) is 9.45. The molecule has 1 aromatic heterocycles. The number of quaternary nitrogens is 1. The number of carbonyl (C=O) groups excluding carboxylic acids is 3. The summed E-state index contributed by atoms with van der Waals surface area (Å²) in [5, 5.41) is 5.61. The number of thiophene rings is 1. The van der Waals surface area contributed by atoms with Crippen LogP contribution in [-0.4, -0.2) is 51.6 Å². The Balaban J connectivity index is 2.12. The Morgan fingerprint density at radius 1 is 1.16 bits per heavy atom. The van der Waals surface area contributed by atoms with Crippen molar-refractivity contribution in [3.63, 3.8) is 0 Å². The maximum absolute atomic E-state index is 12.3. The number of fused-ring (bicyclic) bond motifs is 1. The van der Waals surface area contributed by atoms with E-state index in [1.165, 1.54) is 16.2 Å². The Hall–Kier alpha value is -1.93. The van der Waals surface area contributed by atoms with Crippen molar-refractivity contribution in [2.24, 2.45) is 0 Å². The minimum Gasteiger partial charge on any atom is -0.462 e. The molecule has 3 N–H and O–H groups in total. The first-order chi connectivity index (χ1) is 11.9. The number of likely N-dealkylation sites (N-methyl/N-ethyl adjacent to an activating group) is 1. The van der Waals surface area contributed by atoms with Gasteiger partial charge in [-0.3, -0.25) is 9.59 Å². The van der Waals surface area contributed by atoms with Crippen molar-refractivity contribution >= 4 is 34.1 Å². The van der Waals surface area contributed by atoms with Crippen molar-refractivity contribution in [1.29, 1.82) is 0 Å². The molecule has 0 unspecified atom stereocenters. The second-order valence-corrected chi connectivity index (χ2v) is 7.41. The van der Waals surface area contributed by atoms with Gasteiger partial charge >= 0.3 is 17.8 Å². The number of anilines is 1. The van der Waals surface area contributed by atoms with Gasteiger partial charge in [0.15, 0.2) is 0 Å². The zero-order valence-corrected chi connectivity index (χ0v) is 15.8. The molecular weight excluding hydrogens is 342 g/mol. The molecule has 2 rings (SSSR count). The maximum atomic E-state index is 12.3. The lowest BCUT2D eigenvalue weighted by Crippen LogP contribution is -3.06. The highest BCUT2D eigenvalue weighted by Gasteiger charge is 2.28. The summed E-state index contributed by atoms with van der Waals surface area (Å²) < 4.78 is 5.14. The largest absolute Gasteiger partial charge is 0.462 e. The predicted octanol–water partition coefficient (Wildman–Crippen LogP) is 0.00280. The Kier molecular flexibility index (Phi) is 6.95. The summed E-state index contributed by atoms with van der Waals surface area (Å²) in [5.74, 6) is -1.88. The number of carbonyl (C=O) groups is 3. The third-order valence-corrected chi connectivity index (χ3v) is 5.20. The van der Waals surface area contributed by atoms with Crippen LogP contribution < -0.4 is 15.5 Å². The van der Waals surface area contributed by atoms with Gasteiger partial charge in [0.1, 0.15) is 5.00 Å². The van der Waals surface area contributed by atoms with Crippen LogP contribution in [0.5, 0.6) is 0 Å². The normalized spacial score (nSPS) is 13.3. The first-order valence-electron chi connectivity index (χ1n) is 8.63. The van der Waals surface area contributed by atoms with Crippen molar-refractivity contribution in [3.8, 4) is 0 Å². The molecule has 0 aromatic carbocycles. The summed E-state index contributed by atoms with van der Waals surface area (Å²) in [6.07, 6.45) is 3.77. The average molecular weight is 368 g/mol. The Morgan fingerprint density at radius 3 is 2.56 bits per heavy atom. The Labute approximate surface area is 151 Å². The highest BCUT2D eigenvalue weighted by molar-refractivity contribution is 7.17. The van der Waals surface area contributed by atoms with Crippen LogP contribution in [0.25, 0.3) is 0 Å². The van der Waals surface area contributed by atoms with Gasteiger partial charge in [0.25, 0.3) is 0 Å². The fourth-order valence-electron chi connectivity index (χ4n) is 2.74. The topological polar surface area (TPSA) is 88.9 Å². The van der Waals surface area contributed by atoms with Crippen LogP contribution in [0.4, 0.5) is 5.00 Å². The van der Waals surface area contributed by atoms with Crippen molar-refractivity contribution in [2.75, 3.05) is 39.1 Å². The highest BCUT2D eigenvalue weighted by atomic mass is 32.1. The molecule has 138 valence electrons. The van der Waals surface area contributed by atoms with E-state index in [0.29, 0.717) is 17.1 Å². The van der Waals surface area contributed by atoms with E-state index in [2.05, 4.69) is 10.6 Å². The lowest BCUT2D eigenvalue weighted by Gasteiger charge is -2.12. The van der Waals surface area contributed by atoms with E-state index in [1.807, 2.05) is 14.1 Å². The molecule has 1 heterocycles. The molecule has 0 aliphatic heterocycles. The zero-order valence-electron chi connectivity index (χ0n) is 15.0. The van der Waals surface area contributed by atoms with Crippen molar-refractivity contribution in [1.82, 2.24) is 5.32 Å². The number of hydrogen-bond acceptors (Lipinski definition) is 5. The molecular formula is C17H26N3O4S+. The van der Waals surface area contributed by atoms with Gasteiger partial charge in [-0.2, -0.15) is 0 Å². The van der Waals surface area contributed by atoms with Crippen molar-refractivity contribution < 1.29 is 24.0 Å². The van der Waals surface area contributed by atoms with Gasteiger partial charge in [-0.15, -0.1) is 11.3 Å². The average Bonchev–Trinajstić information content (AvgIpc) is 2.92. The number of ether oxygens (including phenoxy) is 1. The van der Waals surface area contributed by atoms with E-state index in [9.17, 15) is 14.4 Å². The summed E-state index contributed by atoms with van der Waals surface area (Å²) in [5.41, 5.74) is 1.38. The van der Waals surface area contributed by atoms with E-state index in [1.54, 1.807) is 6.92 Å². The minimum absolute atomic E-state index is 0.268. The van der Waals surface area contributed by atoms with E-state index < -0.39 is 17.8 Å². The number of hydrogen-bond donors (Lipinski definition) is 3. The van der Waals surface area contributed by atoms with E-state index in [4.69, 9.17) is 4.74 Å². The zero-order chi connectivity index (χ0) is 18.4. The quantitative estimate of drug-likeness (QED) is 0.487. The summed E-state index contributed by atoms with van der Waals surface area (Å²) >= 11 is 1.37. The van der Waals surface area contributed by atoms with Gasteiger partial charge in [0.2, 0.25) is 0 Å². The van der Waals surface area contributed by atoms with Crippen LogP contribution in [0.1, 0.15) is 40.6 Å². The molecule has 1 aromatic rings. The van der Waals surface area contributed by atoms with E-state index in [-0.39, 0.29) is 6.61 Å². The summed E-state index contributed by atoms with van der Waals surface area (Å²) in [6.45, 7) is 3.15. The van der Waals surface area contributed by atoms with Crippen molar-refractivity contribution in [3.05, 3.63) is 16.0 Å². The summed E-state index contributed by atoms with van der Waals surface area (Å²) in [6, 6.07) is 0. The number of aryl methyl sites for hydroxylation is 1. The fourth-order valence-corrected chi connectivity index (χ4v) is 4.01. The second-order valence-electron chi connectivity index (χ2n) is 6.30. The molecule has 0 radical (unpaired) electrons. The molecule has 8 heteroatoms. The molecule has 0 atom stereocenters. The molecule has 2 amide bonds. The number of nitrogens with one attached hydrogen (secondary N) is 3. The second kappa shape index (κ2) is 8.96. The monoisotopic (exact) mass is 368 g/mol. The van der Waals surface area contributed by atoms with Crippen molar-refractivity contribution in [2.45, 2.75) is 32.6 Å². The minimum atomic E-state index is -0.752. The van der Waals surface area contributed by atoms with Crippen LogP contribution in [-0.2, 0) is 27.2 Å². The third-order valence-electron chi connectivity index (χ3n) is 3.99. The molecule has 0 bridgehead atoms. The molecule has 1 aliphatic rings. The van der Waals surface area contributed by atoms with Gasteiger partial charge in [-0.1, -0.05) is 0 Å². The van der Waals surface area contributed by atoms with Gasteiger partial charge in [0.05, 0.1) is 39.4 Å². The lowest BCUT2D eigenvalue weighted by atomic mass is 9.95. The number of amides is 2. The molecule has 0 saturated heterocycles. The van der Waals surface area contributed by atoms with Crippen LogP contribution in [0.15, 0.2) is 0 Å². The first kappa shape index (κ1) is 19.4. The van der Waals surface area contributed by atoms with Crippen LogP contribution in [0.3, 0.4) is 0 Å². The van der Waals surface area contributed by atoms with E-state index >= 15 is 0 Å². The van der Waals surface area contributed by atoms with Gasteiger partial charge in [-0.05, 0) is 38.2 Å². The SMILES string of the molecule is CCOC(=O)c1c(NC(=O)C(=O)NCC[NH+](C)C)sc2c1CCCC2. The number of rotatable bonds is 6. The predicted molar refractivity (Wildman–Crippen MR) is 96.2 cm³/mol. The van der Waals surface area contributed by atoms with Crippen LogP contribution in [0.2, 0.25) is 0 Å². The standard InChI is InChI=1S/C17H25N3O4S/c1-4-24-17(23)13-11-7-5-6-8-12(11)25-16(13)19-15(22)14(21)18-9-10-20(2)3/h4-10H2,1-3H3,(H,18,21)(H,19,22)/p+1. The summed E-state index contributed by atoms with van der Waals surface area (Å²) in [4.78, 5) is 38.7. The Morgan fingerprint density at radius 2 is 1.88 bits per heavy atom. The Bertz CT molecular complexity index is 655. The summed E-state index contributed by atoms with van der Waals surface area (Å²) in [7, 11) is 3.93. The van der Waals surface area contributed by atoms with Crippen LogP contribution >= 0.6 is 11.3 Å². The fraction of sp³-hybridized carbons (Fsp3) is 0.588. The molecule has 0 fully saturated rings. The lowest BCUT2D eigenvalue weighted by molar-refractivity contribution is -0.856. The molecule has 7 nitrogen and oxygen atoms in total. The maximum Gasteiger partial charge on any atom is 0.341 e. The smallest absolute Gasteiger partial charge is 0.341 e. The van der Waals surface area contributed by atoms with Gasteiger partial charge < -0.3 is 20.3 Å². The number of esters is 1. The third kappa shape index (κ3) is 5.02. The molecule has 0 saturated carbocycles. The van der Waals surface area contributed by atoms with E-state index in [0.717, 1.165) is 42.7 Å².